The minimum atomic E-state index is -0.428. The molecule has 2 unspecified atom stereocenters. The number of fused-ring (bicyclic) bond motifs is 1. The summed E-state index contributed by atoms with van der Waals surface area (Å²) in [7, 11) is 0. The number of aromatic amines is 1. The number of carbonyl (C=O) groups excluding carboxylic acids is 1. The first-order valence-electron chi connectivity index (χ1n) is 7.02. The predicted molar refractivity (Wildman–Crippen MR) is 78.1 cm³/mol. The fraction of sp³-hybridized carbons (Fsp3) is 0.400. The molecule has 0 radical (unpaired) electrons. The lowest BCUT2D eigenvalue weighted by molar-refractivity contribution is 0.0758. The summed E-state index contributed by atoms with van der Waals surface area (Å²) in [6, 6.07) is 6.94. The molecule has 0 saturated carbocycles. The summed E-state index contributed by atoms with van der Waals surface area (Å²) in [5.74, 6) is -0.103. The summed E-state index contributed by atoms with van der Waals surface area (Å²) < 4.78 is 0. The van der Waals surface area contributed by atoms with Crippen molar-refractivity contribution in [2.24, 2.45) is 5.92 Å². The largest absolute Gasteiger partial charge is 0.393 e. The highest BCUT2D eigenvalue weighted by Crippen LogP contribution is 2.22. The number of aliphatic hydroxyl groups is 1. The van der Waals surface area contributed by atoms with Gasteiger partial charge in [0.1, 0.15) is 0 Å². The van der Waals surface area contributed by atoms with Crippen LogP contribution in [0.3, 0.4) is 0 Å². The van der Waals surface area contributed by atoms with Gasteiger partial charge in [-0.25, -0.2) is 5.10 Å². The van der Waals surface area contributed by atoms with Crippen molar-refractivity contribution in [2.45, 2.75) is 19.4 Å². The number of aliphatic hydroxyl groups excluding tert-OH is 1. The Morgan fingerprint density at radius 1 is 1.43 bits per heavy atom. The minimum Gasteiger partial charge on any atom is -0.393 e. The maximum atomic E-state index is 12.6. The van der Waals surface area contributed by atoms with Gasteiger partial charge in [-0.05, 0) is 19.4 Å². The smallest absolute Gasteiger partial charge is 0.274 e. The Bertz CT molecular complexity index is 738. The van der Waals surface area contributed by atoms with Crippen molar-refractivity contribution in [1.29, 1.82) is 0 Å². The molecule has 1 aliphatic rings. The summed E-state index contributed by atoms with van der Waals surface area (Å²) in [4.78, 5) is 26.0. The van der Waals surface area contributed by atoms with E-state index in [1.54, 1.807) is 36.1 Å². The number of hydrogen-bond acceptors (Lipinski definition) is 4. The summed E-state index contributed by atoms with van der Waals surface area (Å²) in [6.07, 6.45) is 0.355. The monoisotopic (exact) mass is 287 g/mol. The maximum Gasteiger partial charge on any atom is 0.274 e. The van der Waals surface area contributed by atoms with E-state index < -0.39 is 6.10 Å². The van der Waals surface area contributed by atoms with Crippen LogP contribution >= 0.6 is 0 Å². The molecular formula is C15H17N3O3. The van der Waals surface area contributed by atoms with Crippen LogP contribution in [0.2, 0.25) is 0 Å². The normalized spacial score (nSPS) is 19.9. The number of likely N-dealkylation sites (tertiary alicyclic amines) is 1. The predicted octanol–water partition coefficient (Wildman–Crippen LogP) is 0.766. The van der Waals surface area contributed by atoms with E-state index in [0.29, 0.717) is 23.9 Å². The molecule has 2 aromatic rings. The van der Waals surface area contributed by atoms with E-state index >= 15 is 0 Å². The number of benzene rings is 1. The number of rotatable bonds is 2. The second-order valence-electron chi connectivity index (χ2n) is 5.49. The first-order chi connectivity index (χ1) is 10.1. The third kappa shape index (κ3) is 2.42. The first-order valence-corrected chi connectivity index (χ1v) is 7.02. The van der Waals surface area contributed by atoms with Crippen molar-refractivity contribution in [1.82, 2.24) is 15.1 Å². The zero-order valence-corrected chi connectivity index (χ0v) is 11.7. The van der Waals surface area contributed by atoms with Crippen LogP contribution in [0.25, 0.3) is 10.8 Å². The molecule has 0 spiro atoms. The average molecular weight is 287 g/mol. The molecule has 6 heteroatoms. The quantitative estimate of drug-likeness (QED) is 0.854. The molecule has 0 bridgehead atoms. The van der Waals surface area contributed by atoms with Crippen molar-refractivity contribution < 1.29 is 9.90 Å². The molecule has 1 aliphatic heterocycles. The van der Waals surface area contributed by atoms with Gasteiger partial charge >= 0.3 is 0 Å². The van der Waals surface area contributed by atoms with Gasteiger partial charge in [0.15, 0.2) is 5.69 Å². The molecular weight excluding hydrogens is 270 g/mol. The molecule has 2 atom stereocenters. The maximum absolute atomic E-state index is 12.6. The van der Waals surface area contributed by atoms with E-state index in [0.717, 1.165) is 6.42 Å². The van der Waals surface area contributed by atoms with Gasteiger partial charge in [-0.2, -0.15) is 5.10 Å². The molecule has 1 saturated heterocycles. The lowest BCUT2D eigenvalue weighted by atomic mass is 10.0. The van der Waals surface area contributed by atoms with E-state index in [9.17, 15) is 14.7 Å². The lowest BCUT2D eigenvalue weighted by Crippen LogP contribution is -2.32. The van der Waals surface area contributed by atoms with Gasteiger partial charge < -0.3 is 10.0 Å². The van der Waals surface area contributed by atoms with Gasteiger partial charge in [0.2, 0.25) is 0 Å². The molecule has 1 amide bonds. The van der Waals surface area contributed by atoms with Gasteiger partial charge in [0.25, 0.3) is 11.5 Å². The Morgan fingerprint density at radius 2 is 2.14 bits per heavy atom. The van der Waals surface area contributed by atoms with Crippen molar-refractivity contribution in [3.8, 4) is 0 Å². The van der Waals surface area contributed by atoms with E-state index in [1.165, 1.54) is 0 Å². The number of H-pyrrole nitrogens is 1. The second-order valence-corrected chi connectivity index (χ2v) is 5.49. The van der Waals surface area contributed by atoms with Crippen molar-refractivity contribution in [3.05, 3.63) is 40.3 Å². The first kappa shape index (κ1) is 13.8. The number of nitrogens with one attached hydrogen (secondary N) is 1. The molecule has 6 nitrogen and oxygen atoms in total. The number of aromatic nitrogens is 2. The molecule has 3 rings (SSSR count). The molecule has 1 aromatic heterocycles. The van der Waals surface area contributed by atoms with Gasteiger partial charge in [0.05, 0.1) is 11.5 Å². The summed E-state index contributed by atoms with van der Waals surface area (Å²) in [5.41, 5.74) is -0.0399. The number of nitrogens with zero attached hydrogens (tertiary/aromatic N) is 2. The van der Waals surface area contributed by atoms with Crippen molar-refractivity contribution in [3.63, 3.8) is 0 Å². The van der Waals surface area contributed by atoms with Gasteiger partial charge in [-0.1, -0.05) is 18.2 Å². The van der Waals surface area contributed by atoms with Crippen LogP contribution in [0.4, 0.5) is 0 Å². The van der Waals surface area contributed by atoms with Gasteiger partial charge in [-0.3, -0.25) is 9.59 Å². The number of hydrogen-bond donors (Lipinski definition) is 2. The van der Waals surface area contributed by atoms with Crippen LogP contribution in [0.1, 0.15) is 23.8 Å². The highest BCUT2D eigenvalue weighted by Gasteiger charge is 2.31. The molecule has 2 heterocycles. The zero-order chi connectivity index (χ0) is 15.0. The molecule has 21 heavy (non-hydrogen) atoms. The SMILES string of the molecule is CC(O)C1CCN(C(=O)c2n[nH]c(=O)c3ccccc23)C1. The Labute approximate surface area is 121 Å². The molecule has 2 N–H and O–H groups in total. The van der Waals surface area contributed by atoms with Crippen molar-refractivity contribution >= 4 is 16.7 Å². The molecule has 0 aliphatic carbocycles. The van der Waals surface area contributed by atoms with Crippen LogP contribution in [0.5, 0.6) is 0 Å². The van der Waals surface area contributed by atoms with Gasteiger partial charge in [-0.15, -0.1) is 0 Å². The van der Waals surface area contributed by atoms with E-state index in [-0.39, 0.29) is 23.1 Å². The highest BCUT2D eigenvalue weighted by molar-refractivity contribution is 6.04. The fourth-order valence-electron chi connectivity index (χ4n) is 2.79. The van der Waals surface area contributed by atoms with Crippen LogP contribution < -0.4 is 5.56 Å². The van der Waals surface area contributed by atoms with Gasteiger partial charge in [0, 0.05) is 24.4 Å². The van der Waals surface area contributed by atoms with Crippen LogP contribution in [0, 0.1) is 5.92 Å². The van der Waals surface area contributed by atoms with E-state index in [1.807, 2.05) is 0 Å². The summed E-state index contributed by atoms with van der Waals surface area (Å²) in [6.45, 7) is 2.86. The van der Waals surface area contributed by atoms with Crippen LogP contribution in [-0.4, -0.2) is 45.3 Å². The molecule has 110 valence electrons. The Morgan fingerprint density at radius 3 is 2.81 bits per heavy atom. The van der Waals surface area contributed by atoms with Crippen LogP contribution in [0.15, 0.2) is 29.1 Å². The Kier molecular flexibility index (Phi) is 3.47. The lowest BCUT2D eigenvalue weighted by Gasteiger charge is -2.17. The Balaban J connectivity index is 1.96. The number of amides is 1. The average Bonchev–Trinajstić information content (AvgIpc) is 2.97. The molecule has 1 fully saturated rings. The Hall–Kier alpha value is -2.21. The third-order valence-corrected chi connectivity index (χ3v) is 4.09. The number of carbonyl (C=O) groups is 1. The highest BCUT2D eigenvalue weighted by atomic mass is 16.3. The topological polar surface area (TPSA) is 86.3 Å². The third-order valence-electron chi connectivity index (χ3n) is 4.09. The minimum absolute atomic E-state index is 0.1000. The molecule has 1 aromatic carbocycles. The zero-order valence-electron chi connectivity index (χ0n) is 11.7. The summed E-state index contributed by atoms with van der Waals surface area (Å²) in [5, 5.41) is 17.0. The van der Waals surface area contributed by atoms with Crippen molar-refractivity contribution in [2.75, 3.05) is 13.1 Å². The standard InChI is InChI=1S/C15H17N3O3/c1-9(19)10-6-7-18(8-10)15(21)13-11-4-2-3-5-12(11)14(20)17-16-13/h2-5,9-10,19H,6-8H2,1H3,(H,17,20). The van der Waals surface area contributed by atoms with E-state index in [4.69, 9.17) is 0 Å². The van der Waals surface area contributed by atoms with Crippen LogP contribution in [-0.2, 0) is 0 Å². The van der Waals surface area contributed by atoms with E-state index in [2.05, 4.69) is 10.2 Å². The second kappa shape index (κ2) is 5.29. The fourth-order valence-corrected chi connectivity index (χ4v) is 2.79. The summed E-state index contributed by atoms with van der Waals surface area (Å²) >= 11 is 0.